The second-order valence-corrected chi connectivity index (χ2v) is 10.5. The number of esters is 1. The lowest BCUT2D eigenvalue weighted by molar-refractivity contribution is -0.153. The molecular formula is C27H36O7. The molecule has 0 aliphatic heterocycles. The predicted octanol–water partition coefficient (Wildman–Crippen LogP) is 4.09. The van der Waals surface area contributed by atoms with E-state index in [4.69, 9.17) is 9.84 Å². The molecule has 0 aromatic rings. The number of carboxylic acid groups (broad SMARTS) is 1. The highest BCUT2D eigenvalue weighted by Crippen LogP contribution is 2.64. The van der Waals surface area contributed by atoms with Crippen LogP contribution >= 0.6 is 0 Å². The molecule has 3 saturated carbocycles. The summed E-state index contributed by atoms with van der Waals surface area (Å²) in [7, 11) is 0. The summed E-state index contributed by atoms with van der Waals surface area (Å²) >= 11 is 0. The number of carbonyl (C=O) groups is 5. The molecule has 0 bridgehead atoms. The number of fused-ring (bicyclic) bond motifs is 5. The number of allylic oxidation sites excluding steroid dienone is 4. The van der Waals surface area contributed by atoms with Crippen molar-refractivity contribution in [3.63, 3.8) is 0 Å². The molecule has 0 radical (unpaired) electrons. The Morgan fingerprint density at radius 2 is 1.76 bits per heavy atom. The van der Waals surface area contributed by atoms with Crippen molar-refractivity contribution in [1.82, 2.24) is 0 Å². The van der Waals surface area contributed by atoms with Crippen LogP contribution in [-0.2, 0) is 28.7 Å². The Kier molecular flexibility index (Phi) is 7.63. The number of carboxylic acids is 1. The zero-order valence-electron chi connectivity index (χ0n) is 20.6. The minimum atomic E-state index is -0.745. The molecule has 6 atom stereocenters. The van der Waals surface area contributed by atoms with Gasteiger partial charge in [-0.15, -0.1) is 0 Å². The average molecular weight is 473 g/mol. The van der Waals surface area contributed by atoms with Gasteiger partial charge in [0.2, 0.25) is 0 Å². The van der Waals surface area contributed by atoms with Crippen molar-refractivity contribution in [2.24, 2.45) is 34.5 Å². The van der Waals surface area contributed by atoms with E-state index in [0.29, 0.717) is 12.3 Å². The lowest BCUT2D eigenvalue weighted by Gasteiger charge is -2.55. The quantitative estimate of drug-likeness (QED) is 0.599. The van der Waals surface area contributed by atoms with Crippen LogP contribution in [0.5, 0.6) is 0 Å². The number of aliphatic carboxylic acids is 1. The summed E-state index contributed by atoms with van der Waals surface area (Å²) < 4.78 is 5.10. The maximum absolute atomic E-state index is 13.5. The highest BCUT2D eigenvalue weighted by Gasteiger charge is 2.62. The van der Waals surface area contributed by atoms with E-state index in [1.807, 2.05) is 6.08 Å². The average Bonchev–Trinajstić information content (AvgIpc) is 3.14. The molecule has 0 amide bonds. The molecule has 4 aliphatic carbocycles. The standard InChI is InChI=1S/C24H30O5.C3H6O2/c1-4-21(28)29-13-20(27)18-8-7-17-16-6-5-14-11-15(25)9-10-23(14,2)22(16)19(26)12-24(17,18)3;1-2-3(4)5/h9-11,16-18,22H,4-8,12-13H2,1-3H3;2H2,1H3,(H,4,5). The van der Waals surface area contributed by atoms with E-state index in [9.17, 15) is 24.0 Å². The fourth-order valence-corrected chi connectivity index (χ4v) is 6.91. The summed E-state index contributed by atoms with van der Waals surface area (Å²) in [5.41, 5.74) is 0.341. The molecule has 0 aromatic carbocycles. The first-order chi connectivity index (χ1) is 16.0. The van der Waals surface area contributed by atoms with Crippen molar-refractivity contribution in [3.8, 4) is 0 Å². The molecule has 1 N–H and O–H groups in total. The molecule has 4 aliphatic rings. The maximum atomic E-state index is 13.5. The van der Waals surface area contributed by atoms with Gasteiger partial charge in [-0.2, -0.15) is 0 Å². The Balaban J connectivity index is 0.000000588. The minimum absolute atomic E-state index is 0.0113. The third kappa shape index (κ3) is 4.66. The number of carbonyl (C=O) groups excluding carboxylic acids is 4. The lowest BCUT2D eigenvalue weighted by Crippen LogP contribution is -2.54. The Morgan fingerprint density at radius 3 is 2.38 bits per heavy atom. The summed E-state index contributed by atoms with van der Waals surface area (Å²) in [4.78, 5) is 59.0. The van der Waals surface area contributed by atoms with Crippen molar-refractivity contribution in [2.75, 3.05) is 6.61 Å². The molecule has 186 valence electrons. The van der Waals surface area contributed by atoms with Gasteiger partial charge in [0.25, 0.3) is 0 Å². The number of hydrogen-bond acceptors (Lipinski definition) is 6. The van der Waals surface area contributed by atoms with Crippen molar-refractivity contribution in [1.29, 1.82) is 0 Å². The number of ketones is 3. The summed E-state index contributed by atoms with van der Waals surface area (Å²) in [5.74, 6) is -0.729. The van der Waals surface area contributed by atoms with Gasteiger partial charge in [0.15, 0.2) is 11.6 Å². The van der Waals surface area contributed by atoms with Crippen LogP contribution in [0.1, 0.15) is 72.6 Å². The second kappa shape index (κ2) is 9.96. The Morgan fingerprint density at radius 1 is 1.09 bits per heavy atom. The Labute approximate surface area is 201 Å². The monoisotopic (exact) mass is 472 g/mol. The normalized spacial score (nSPS) is 35.7. The summed E-state index contributed by atoms with van der Waals surface area (Å²) in [6.07, 6.45) is 9.56. The first-order valence-electron chi connectivity index (χ1n) is 12.3. The van der Waals surface area contributed by atoms with Gasteiger partial charge in [-0.1, -0.05) is 39.3 Å². The topological polar surface area (TPSA) is 115 Å². The van der Waals surface area contributed by atoms with Gasteiger partial charge in [-0.05, 0) is 55.1 Å². The first-order valence-corrected chi connectivity index (χ1v) is 12.3. The lowest BCUT2D eigenvalue weighted by atomic mass is 9.47. The van der Waals surface area contributed by atoms with E-state index in [1.54, 1.807) is 26.0 Å². The highest BCUT2D eigenvalue weighted by atomic mass is 16.5. The maximum Gasteiger partial charge on any atom is 0.305 e. The van der Waals surface area contributed by atoms with Crippen LogP contribution in [-0.4, -0.2) is 41.0 Å². The fourth-order valence-electron chi connectivity index (χ4n) is 6.91. The van der Waals surface area contributed by atoms with E-state index in [0.717, 1.165) is 31.3 Å². The first kappa shape index (κ1) is 26.0. The van der Waals surface area contributed by atoms with Crippen molar-refractivity contribution in [3.05, 3.63) is 23.8 Å². The zero-order valence-corrected chi connectivity index (χ0v) is 20.6. The van der Waals surface area contributed by atoms with Crippen LogP contribution in [0.4, 0.5) is 0 Å². The van der Waals surface area contributed by atoms with Gasteiger partial charge in [0.1, 0.15) is 12.4 Å². The van der Waals surface area contributed by atoms with Crippen molar-refractivity contribution < 1.29 is 33.8 Å². The number of ether oxygens (including phenoxy) is 1. The fraction of sp³-hybridized carbons (Fsp3) is 0.667. The van der Waals surface area contributed by atoms with Gasteiger partial charge >= 0.3 is 11.9 Å². The van der Waals surface area contributed by atoms with E-state index in [1.165, 1.54) is 0 Å². The largest absolute Gasteiger partial charge is 0.481 e. The van der Waals surface area contributed by atoms with E-state index < -0.39 is 5.97 Å². The minimum Gasteiger partial charge on any atom is -0.481 e. The molecule has 0 saturated heterocycles. The van der Waals surface area contributed by atoms with Crippen LogP contribution in [0.2, 0.25) is 0 Å². The molecule has 34 heavy (non-hydrogen) atoms. The van der Waals surface area contributed by atoms with E-state index in [-0.39, 0.29) is 71.4 Å². The van der Waals surface area contributed by atoms with Crippen LogP contribution < -0.4 is 0 Å². The molecule has 0 spiro atoms. The number of Topliss-reactive ketones (excluding diaryl/α,β-unsaturated/α-hetero) is 2. The van der Waals surface area contributed by atoms with Gasteiger partial charge in [0.05, 0.1) is 0 Å². The van der Waals surface area contributed by atoms with Crippen LogP contribution in [0.15, 0.2) is 23.8 Å². The third-order valence-corrected chi connectivity index (χ3v) is 8.61. The Bertz CT molecular complexity index is 945. The van der Waals surface area contributed by atoms with Crippen molar-refractivity contribution >= 4 is 29.3 Å². The number of rotatable bonds is 5. The van der Waals surface area contributed by atoms with Gasteiger partial charge in [0, 0.05) is 36.5 Å². The Hall–Kier alpha value is -2.57. The van der Waals surface area contributed by atoms with Crippen molar-refractivity contribution in [2.45, 2.75) is 72.6 Å². The summed E-state index contributed by atoms with van der Waals surface area (Å²) in [6, 6.07) is 0. The van der Waals surface area contributed by atoms with Crippen LogP contribution in [0.25, 0.3) is 0 Å². The zero-order chi connectivity index (χ0) is 25.3. The molecule has 6 unspecified atom stereocenters. The van der Waals surface area contributed by atoms with E-state index >= 15 is 0 Å². The molecule has 7 nitrogen and oxygen atoms in total. The summed E-state index contributed by atoms with van der Waals surface area (Å²) in [5, 5.41) is 7.72. The predicted molar refractivity (Wildman–Crippen MR) is 125 cm³/mol. The van der Waals surface area contributed by atoms with Gasteiger partial charge < -0.3 is 9.84 Å². The highest BCUT2D eigenvalue weighted by molar-refractivity contribution is 6.02. The third-order valence-electron chi connectivity index (χ3n) is 8.61. The molecule has 4 rings (SSSR count). The number of hydrogen-bond donors (Lipinski definition) is 1. The molecule has 0 heterocycles. The van der Waals surface area contributed by atoms with Crippen LogP contribution in [0.3, 0.4) is 0 Å². The molecule has 7 heteroatoms. The summed E-state index contributed by atoms with van der Waals surface area (Å²) in [6.45, 7) is 7.32. The van der Waals surface area contributed by atoms with Crippen LogP contribution in [0, 0.1) is 34.5 Å². The smallest absolute Gasteiger partial charge is 0.305 e. The van der Waals surface area contributed by atoms with Gasteiger partial charge in [-0.25, -0.2) is 0 Å². The molecule has 3 fully saturated rings. The van der Waals surface area contributed by atoms with E-state index in [2.05, 4.69) is 13.8 Å². The van der Waals surface area contributed by atoms with Gasteiger partial charge in [-0.3, -0.25) is 24.0 Å². The second-order valence-electron chi connectivity index (χ2n) is 10.5. The molecular weight excluding hydrogens is 436 g/mol. The SMILES string of the molecule is CCC(=O)O.CCC(=O)OCC(=O)C1CCC2C3CCC4=CC(=O)C=CC4(C)C3C(=O)CC12C. The molecule has 0 aromatic heterocycles.